The molecule has 0 saturated heterocycles. The van der Waals surface area contributed by atoms with Gasteiger partial charge in [-0.05, 0) is 68.9 Å². The summed E-state index contributed by atoms with van der Waals surface area (Å²) in [6, 6.07) is 12.5. The van der Waals surface area contributed by atoms with Gasteiger partial charge in [0.25, 0.3) is 11.8 Å². The topological polar surface area (TPSA) is 71.1 Å². The molecule has 2 N–H and O–H groups in total. The first-order valence-corrected chi connectivity index (χ1v) is 9.43. The Kier molecular flexibility index (Phi) is 6.36. The van der Waals surface area contributed by atoms with Gasteiger partial charge in [0, 0.05) is 12.2 Å². The highest BCUT2D eigenvalue weighted by Gasteiger charge is 2.13. The van der Waals surface area contributed by atoms with Gasteiger partial charge in [-0.25, -0.2) is 4.98 Å². The zero-order valence-electron chi connectivity index (χ0n) is 15.6. The van der Waals surface area contributed by atoms with E-state index in [-0.39, 0.29) is 23.2 Å². The van der Waals surface area contributed by atoms with Gasteiger partial charge in [-0.3, -0.25) is 9.59 Å². The van der Waals surface area contributed by atoms with Crippen LogP contribution in [0.15, 0.2) is 54.1 Å². The number of aromatic nitrogens is 1. The molecular weight excluding hydrogens is 338 g/mol. The Morgan fingerprint density at radius 1 is 1.04 bits per heavy atom. The lowest BCUT2D eigenvalue weighted by Crippen LogP contribution is -2.26. The van der Waals surface area contributed by atoms with E-state index < -0.39 is 0 Å². The SMILES string of the molecule is Cc1cccc(NC(=O)c2cccc(C(=O)NCCC3=CCCCC3)n2)c1. The van der Waals surface area contributed by atoms with E-state index in [1.54, 1.807) is 18.2 Å². The number of pyridine rings is 1. The molecule has 1 aliphatic carbocycles. The Morgan fingerprint density at radius 2 is 1.81 bits per heavy atom. The van der Waals surface area contributed by atoms with Gasteiger partial charge >= 0.3 is 0 Å². The van der Waals surface area contributed by atoms with E-state index in [4.69, 9.17) is 0 Å². The standard InChI is InChI=1S/C22H25N3O2/c1-16-7-5-10-18(15-16)24-22(27)20-12-6-11-19(25-20)21(26)23-14-13-17-8-3-2-4-9-17/h5-8,10-12,15H,2-4,9,13-14H2,1H3,(H,23,26)(H,24,27). The van der Waals surface area contributed by atoms with E-state index in [0.717, 1.165) is 24.8 Å². The summed E-state index contributed by atoms with van der Waals surface area (Å²) in [7, 11) is 0. The van der Waals surface area contributed by atoms with Crippen molar-refractivity contribution in [3.05, 3.63) is 71.1 Å². The minimum atomic E-state index is -0.331. The lowest BCUT2D eigenvalue weighted by atomic mass is 9.97. The van der Waals surface area contributed by atoms with Crippen molar-refractivity contribution >= 4 is 17.5 Å². The minimum Gasteiger partial charge on any atom is -0.350 e. The fourth-order valence-electron chi connectivity index (χ4n) is 3.16. The molecule has 2 amide bonds. The fourth-order valence-corrected chi connectivity index (χ4v) is 3.16. The maximum absolute atomic E-state index is 12.4. The van der Waals surface area contributed by atoms with Gasteiger partial charge in [0.2, 0.25) is 0 Å². The summed E-state index contributed by atoms with van der Waals surface area (Å²) >= 11 is 0. The molecule has 0 bridgehead atoms. The lowest BCUT2D eigenvalue weighted by Gasteiger charge is -2.13. The number of benzene rings is 1. The van der Waals surface area contributed by atoms with Gasteiger partial charge in [-0.1, -0.05) is 29.8 Å². The largest absolute Gasteiger partial charge is 0.350 e. The third-order valence-corrected chi connectivity index (χ3v) is 4.61. The van der Waals surface area contributed by atoms with E-state index in [1.807, 2.05) is 31.2 Å². The molecule has 0 fully saturated rings. The van der Waals surface area contributed by atoms with Crippen molar-refractivity contribution in [2.45, 2.75) is 39.0 Å². The minimum absolute atomic E-state index is 0.221. The van der Waals surface area contributed by atoms with E-state index in [1.165, 1.54) is 18.4 Å². The summed E-state index contributed by atoms with van der Waals surface area (Å²) < 4.78 is 0. The molecule has 1 heterocycles. The van der Waals surface area contributed by atoms with Crippen LogP contribution in [-0.4, -0.2) is 23.3 Å². The summed E-state index contributed by atoms with van der Waals surface area (Å²) in [6.07, 6.45) is 7.92. The number of hydrogen-bond donors (Lipinski definition) is 2. The first-order valence-electron chi connectivity index (χ1n) is 9.43. The van der Waals surface area contributed by atoms with Crippen LogP contribution < -0.4 is 10.6 Å². The number of carbonyl (C=O) groups excluding carboxylic acids is 2. The maximum atomic E-state index is 12.4. The van der Waals surface area contributed by atoms with E-state index >= 15 is 0 Å². The van der Waals surface area contributed by atoms with Crippen molar-refractivity contribution < 1.29 is 9.59 Å². The molecule has 1 aromatic carbocycles. The molecule has 0 aliphatic heterocycles. The highest BCUT2D eigenvalue weighted by molar-refractivity contribution is 6.03. The number of allylic oxidation sites excluding steroid dienone is 1. The molecule has 3 rings (SSSR count). The van der Waals surface area contributed by atoms with Crippen LogP contribution in [0.5, 0.6) is 0 Å². The van der Waals surface area contributed by atoms with Crippen LogP contribution in [0.4, 0.5) is 5.69 Å². The first-order chi connectivity index (χ1) is 13.1. The second-order valence-electron chi connectivity index (χ2n) is 6.85. The van der Waals surface area contributed by atoms with Gasteiger partial charge in [-0.2, -0.15) is 0 Å². The lowest BCUT2D eigenvalue weighted by molar-refractivity contribution is 0.0949. The van der Waals surface area contributed by atoms with Crippen LogP contribution in [0, 0.1) is 6.92 Å². The summed E-state index contributed by atoms with van der Waals surface area (Å²) in [5, 5.41) is 5.71. The highest BCUT2D eigenvalue weighted by Crippen LogP contribution is 2.19. The van der Waals surface area contributed by atoms with Crippen LogP contribution in [0.1, 0.15) is 58.6 Å². The van der Waals surface area contributed by atoms with Crippen LogP contribution in [-0.2, 0) is 0 Å². The molecule has 0 radical (unpaired) electrons. The van der Waals surface area contributed by atoms with Crippen LogP contribution in [0.3, 0.4) is 0 Å². The molecule has 1 aromatic heterocycles. The van der Waals surface area contributed by atoms with Gasteiger partial charge in [-0.15, -0.1) is 0 Å². The average molecular weight is 363 g/mol. The second-order valence-corrected chi connectivity index (χ2v) is 6.85. The van der Waals surface area contributed by atoms with Gasteiger partial charge in [0.1, 0.15) is 11.4 Å². The molecule has 0 saturated carbocycles. The van der Waals surface area contributed by atoms with Crippen molar-refractivity contribution in [1.29, 1.82) is 0 Å². The van der Waals surface area contributed by atoms with E-state index in [2.05, 4.69) is 21.7 Å². The molecule has 0 atom stereocenters. The van der Waals surface area contributed by atoms with Crippen LogP contribution in [0.2, 0.25) is 0 Å². The number of amides is 2. The van der Waals surface area contributed by atoms with Crippen molar-refractivity contribution in [3.63, 3.8) is 0 Å². The number of nitrogens with one attached hydrogen (secondary N) is 2. The smallest absolute Gasteiger partial charge is 0.274 e. The van der Waals surface area contributed by atoms with Gasteiger partial charge < -0.3 is 10.6 Å². The number of nitrogens with zero attached hydrogens (tertiary/aromatic N) is 1. The number of rotatable bonds is 6. The molecule has 0 unspecified atom stereocenters. The third kappa shape index (κ3) is 5.51. The van der Waals surface area contributed by atoms with Crippen molar-refractivity contribution in [3.8, 4) is 0 Å². The summed E-state index contributed by atoms with van der Waals surface area (Å²) in [5.41, 5.74) is 3.66. The number of carbonyl (C=O) groups is 2. The van der Waals surface area contributed by atoms with Crippen molar-refractivity contribution in [1.82, 2.24) is 10.3 Å². The molecule has 2 aromatic rings. The normalized spacial score (nSPS) is 13.6. The average Bonchev–Trinajstić information content (AvgIpc) is 2.69. The van der Waals surface area contributed by atoms with Crippen molar-refractivity contribution in [2.75, 3.05) is 11.9 Å². The monoisotopic (exact) mass is 363 g/mol. The van der Waals surface area contributed by atoms with Crippen LogP contribution in [0.25, 0.3) is 0 Å². The second kappa shape index (κ2) is 9.12. The van der Waals surface area contributed by atoms with Gasteiger partial charge in [0.15, 0.2) is 0 Å². The van der Waals surface area contributed by atoms with E-state index in [0.29, 0.717) is 12.2 Å². The maximum Gasteiger partial charge on any atom is 0.274 e. The Labute approximate surface area is 159 Å². The Morgan fingerprint density at radius 3 is 2.56 bits per heavy atom. The summed E-state index contributed by atoms with van der Waals surface area (Å²) in [6.45, 7) is 2.55. The highest BCUT2D eigenvalue weighted by atomic mass is 16.2. The Hall–Kier alpha value is -2.95. The predicted octanol–water partition coefficient (Wildman–Crippen LogP) is 4.26. The van der Waals surface area contributed by atoms with Crippen molar-refractivity contribution in [2.24, 2.45) is 0 Å². The Bertz CT molecular complexity index is 858. The zero-order valence-corrected chi connectivity index (χ0v) is 15.6. The Balaban J connectivity index is 1.58. The van der Waals surface area contributed by atoms with Gasteiger partial charge in [0.05, 0.1) is 0 Å². The predicted molar refractivity (Wildman–Crippen MR) is 107 cm³/mol. The molecule has 27 heavy (non-hydrogen) atoms. The quantitative estimate of drug-likeness (QED) is 0.753. The number of hydrogen-bond acceptors (Lipinski definition) is 3. The molecule has 5 heteroatoms. The molecule has 0 spiro atoms. The fraction of sp³-hybridized carbons (Fsp3) is 0.318. The molecule has 5 nitrogen and oxygen atoms in total. The first kappa shape index (κ1) is 18.8. The molecule has 140 valence electrons. The third-order valence-electron chi connectivity index (χ3n) is 4.61. The van der Waals surface area contributed by atoms with Crippen LogP contribution >= 0.6 is 0 Å². The number of aryl methyl sites for hydroxylation is 1. The summed E-state index contributed by atoms with van der Waals surface area (Å²) in [5.74, 6) is -0.584. The zero-order chi connectivity index (χ0) is 19.1. The van der Waals surface area contributed by atoms with E-state index in [9.17, 15) is 9.59 Å². The summed E-state index contributed by atoms with van der Waals surface area (Å²) in [4.78, 5) is 29.0. The number of anilines is 1. The molecule has 1 aliphatic rings. The molecular formula is C22H25N3O2.